The lowest BCUT2D eigenvalue weighted by Crippen LogP contribution is -2.09. The van der Waals surface area contributed by atoms with Gasteiger partial charge in [-0.05, 0) is 17.9 Å². The van der Waals surface area contributed by atoms with Crippen molar-refractivity contribution in [2.45, 2.75) is 27.2 Å². The van der Waals surface area contributed by atoms with E-state index in [4.69, 9.17) is 0 Å². The van der Waals surface area contributed by atoms with Crippen molar-refractivity contribution in [3.8, 4) is 0 Å². The summed E-state index contributed by atoms with van der Waals surface area (Å²) in [5.74, 6) is 1.32. The first-order valence-electron chi connectivity index (χ1n) is 3.98. The zero-order chi connectivity index (χ0) is 7.56. The zero-order valence-corrected chi connectivity index (χ0v) is 6.96. The molecule has 0 aromatic rings. The lowest BCUT2D eigenvalue weighted by atomic mass is 9.90. The average molecular weight is 137 g/mol. The molecule has 1 rings (SSSR count). The van der Waals surface area contributed by atoms with E-state index in [-0.39, 0.29) is 0 Å². The normalized spacial score (nSPS) is 24.0. The third-order valence-corrected chi connectivity index (χ3v) is 2.04. The Hall–Kier alpha value is -0.590. The Bertz CT molecular complexity index is 166. The van der Waals surface area contributed by atoms with Crippen LogP contribution >= 0.6 is 0 Å². The number of allylic oxidation sites excluding steroid dienone is 1. The molecule has 0 fully saturated rings. The number of rotatable bonds is 2. The molecule has 1 aliphatic heterocycles. The van der Waals surface area contributed by atoms with Crippen LogP contribution in [0.3, 0.4) is 0 Å². The second-order valence-corrected chi connectivity index (χ2v) is 3.13. The summed E-state index contributed by atoms with van der Waals surface area (Å²) in [5, 5.41) is 0. The van der Waals surface area contributed by atoms with Gasteiger partial charge in [0.15, 0.2) is 0 Å². The smallest absolute Gasteiger partial charge is 0.0262 e. The third kappa shape index (κ3) is 1.28. The fraction of sp³-hybridized carbons (Fsp3) is 0.667. The Morgan fingerprint density at radius 2 is 2.30 bits per heavy atom. The maximum Gasteiger partial charge on any atom is 0.0262 e. The summed E-state index contributed by atoms with van der Waals surface area (Å²) in [6.45, 7) is 6.67. The Morgan fingerprint density at radius 1 is 1.60 bits per heavy atom. The maximum absolute atomic E-state index is 4.15. The van der Waals surface area contributed by atoms with Crippen LogP contribution in [-0.4, -0.2) is 6.21 Å². The summed E-state index contributed by atoms with van der Waals surface area (Å²) in [7, 11) is 0. The van der Waals surface area contributed by atoms with Crippen molar-refractivity contribution in [1.29, 1.82) is 0 Å². The SMILES string of the molecule is CCC1=CN=CC1C(C)C. The van der Waals surface area contributed by atoms with Crippen molar-refractivity contribution < 1.29 is 0 Å². The molecular formula is C9H15N. The highest BCUT2D eigenvalue weighted by atomic mass is 14.7. The van der Waals surface area contributed by atoms with Crippen molar-refractivity contribution in [3.05, 3.63) is 11.8 Å². The lowest BCUT2D eigenvalue weighted by molar-refractivity contribution is 0.556. The largest absolute Gasteiger partial charge is 0.268 e. The molecule has 0 aliphatic carbocycles. The van der Waals surface area contributed by atoms with E-state index in [1.54, 1.807) is 0 Å². The van der Waals surface area contributed by atoms with Crippen LogP contribution in [0.15, 0.2) is 16.8 Å². The standard InChI is InChI=1S/C9H15N/c1-4-8-5-10-6-9(8)7(2)3/h5-7,9H,4H2,1-3H3. The monoisotopic (exact) mass is 137 g/mol. The molecule has 0 N–H and O–H groups in total. The highest BCUT2D eigenvalue weighted by Gasteiger charge is 2.17. The second-order valence-electron chi connectivity index (χ2n) is 3.13. The van der Waals surface area contributed by atoms with E-state index >= 15 is 0 Å². The minimum atomic E-state index is 0.616. The number of aliphatic imine (C=N–C) groups is 1. The molecule has 0 spiro atoms. The van der Waals surface area contributed by atoms with Gasteiger partial charge in [-0.15, -0.1) is 0 Å². The molecule has 1 aliphatic rings. The van der Waals surface area contributed by atoms with Gasteiger partial charge in [0.2, 0.25) is 0 Å². The van der Waals surface area contributed by atoms with Gasteiger partial charge in [-0.3, -0.25) is 4.99 Å². The topological polar surface area (TPSA) is 12.4 Å². The first kappa shape index (κ1) is 7.52. The summed E-state index contributed by atoms with van der Waals surface area (Å²) in [4.78, 5) is 4.15. The molecule has 1 unspecified atom stereocenters. The average Bonchev–Trinajstić information content (AvgIpc) is 2.33. The highest BCUT2D eigenvalue weighted by Crippen LogP contribution is 2.24. The van der Waals surface area contributed by atoms with Crippen molar-refractivity contribution in [2.24, 2.45) is 16.8 Å². The molecule has 0 amide bonds. The fourth-order valence-corrected chi connectivity index (χ4v) is 1.34. The molecule has 10 heavy (non-hydrogen) atoms. The molecule has 1 atom stereocenters. The predicted octanol–water partition coefficient (Wildman–Crippen LogP) is 2.64. The summed E-state index contributed by atoms with van der Waals surface area (Å²) in [5.41, 5.74) is 1.48. The highest BCUT2D eigenvalue weighted by molar-refractivity contribution is 5.69. The molecule has 0 bridgehead atoms. The summed E-state index contributed by atoms with van der Waals surface area (Å²) >= 11 is 0. The van der Waals surface area contributed by atoms with Gasteiger partial charge in [0.05, 0.1) is 0 Å². The van der Waals surface area contributed by atoms with Gasteiger partial charge in [-0.25, -0.2) is 0 Å². The van der Waals surface area contributed by atoms with Crippen molar-refractivity contribution in [1.82, 2.24) is 0 Å². The van der Waals surface area contributed by atoms with Crippen LogP contribution in [0.5, 0.6) is 0 Å². The first-order valence-corrected chi connectivity index (χ1v) is 3.98. The van der Waals surface area contributed by atoms with Crippen molar-refractivity contribution in [2.75, 3.05) is 0 Å². The lowest BCUT2D eigenvalue weighted by Gasteiger charge is -2.13. The van der Waals surface area contributed by atoms with Crippen LogP contribution in [0, 0.1) is 11.8 Å². The van der Waals surface area contributed by atoms with E-state index in [2.05, 4.69) is 32.0 Å². The zero-order valence-electron chi connectivity index (χ0n) is 6.96. The molecule has 0 saturated carbocycles. The second kappa shape index (κ2) is 3.00. The number of nitrogens with zero attached hydrogens (tertiary/aromatic N) is 1. The number of hydrogen-bond donors (Lipinski definition) is 0. The maximum atomic E-state index is 4.15. The van der Waals surface area contributed by atoms with E-state index in [0.717, 1.165) is 6.42 Å². The molecule has 1 heteroatoms. The van der Waals surface area contributed by atoms with Gasteiger partial charge in [-0.2, -0.15) is 0 Å². The molecule has 0 aromatic carbocycles. The Balaban J connectivity index is 2.62. The Morgan fingerprint density at radius 3 is 2.70 bits per heavy atom. The molecule has 0 saturated heterocycles. The van der Waals surface area contributed by atoms with Gasteiger partial charge in [-0.1, -0.05) is 20.8 Å². The Labute approximate surface area is 62.9 Å². The van der Waals surface area contributed by atoms with E-state index < -0.39 is 0 Å². The fourth-order valence-electron chi connectivity index (χ4n) is 1.34. The first-order chi connectivity index (χ1) is 4.75. The summed E-state index contributed by atoms with van der Waals surface area (Å²) in [6, 6.07) is 0. The minimum absolute atomic E-state index is 0.616. The van der Waals surface area contributed by atoms with E-state index in [9.17, 15) is 0 Å². The van der Waals surface area contributed by atoms with Crippen molar-refractivity contribution >= 4 is 6.21 Å². The molecule has 1 heterocycles. The van der Waals surface area contributed by atoms with Gasteiger partial charge in [0.1, 0.15) is 0 Å². The summed E-state index contributed by atoms with van der Waals surface area (Å²) in [6.07, 6.45) is 5.21. The van der Waals surface area contributed by atoms with Crippen LogP contribution in [0.1, 0.15) is 27.2 Å². The van der Waals surface area contributed by atoms with E-state index in [1.165, 1.54) is 5.57 Å². The molecule has 1 nitrogen and oxygen atoms in total. The molecule has 56 valence electrons. The van der Waals surface area contributed by atoms with E-state index in [1.807, 2.05) is 6.20 Å². The molecule has 0 radical (unpaired) electrons. The van der Waals surface area contributed by atoms with Gasteiger partial charge >= 0.3 is 0 Å². The van der Waals surface area contributed by atoms with Crippen LogP contribution in [0.2, 0.25) is 0 Å². The van der Waals surface area contributed by atoms with Crippen LogP contribution < -0.4 is 0 Å². The van der Waals surface area contributed by atoms with Gasteiger partial charge in [0.25, 0.3) is 0 Å². The molecule has 0 aromatic heterocycles. The van der Waals surface area contributed by atoms with Gasteiger partial charge in [0, 0.05) is 18.3 Å². The summed E-state index contributed by atoms with van der Waals surface area (Å²) < 4.78 is 0. The van der Waals surface area contributed by atoms with Crippen molar-refractivity contribution in [3.63, 3.8) is 0 Å². The van der Waals surface area contributed by atoms with Gasteiger partial charge < -0.3 is 0 Å². The van der Waals surface area contributed by atoms with E-state index in [0.29, 0.717) is 11.8 Å². The van der Waals surface area contributed by atoms with Crippen LogP contribution in [0.25, 0.3) is 0 Å². The quantitative estimate of drug-likeness (QED) is 0.554. The van der Waals surface area contributed by atoms with Crippen LogP contribution in [0.4, 0.5) is 0 Å². The third-order valence-electron chi connectivity index (χ3n) is 2.04. The minimum Gasteiger partial charge on any atom is -0.268 e. The molecular weight excluding hydrogens is 122 g/mol. The predicted molar refractivity (Wildman–Crippen MR) is 45.2 cm³/mol. The van der Waals surface area contributed by atoms with Crippen LogP contribution in [-0.2, 0) is 0 Å². The number of hydrogen-bond acceptors (Lipinski definition) is 1. The Kier molecular flexibility index (Phi) is 2.25.